The summed E-state index contributed by atoms with van der Waals surface area (Å²) in [6.45, 7) is 18.2. The maximum atomic E-state index is 12.6. The van der Waals surface area contributed by atoms with Gasteiger partial charge in [0, 0.05) is 53.8 Å². The van der Waals surface area contributed by atoms with Crippen LogP contribution in [0.15, 0.2) is 125 Å². The van der Waals surface area contributed by atoms with Gasteiger partial charge in [0.05, 0.1) is 40.0 Å². The molecule has 276 valence electrons. The summed E-state index contributed by atoms with van der Waals surface area (Å²) >= 11 is 0. The molecule has 12 heteroatoms. The van der Waals surface area contributed by atoms with E-state index < -0.39 is 0 Å². The predicted octanol–water partition coefficient (Wildman–Crippen LogP) is 7.21. The van der Waals surface area contributed by atoms with Crippen molar-refractivity contribution in [1.82, 2.24) is 41.9 Å². The highest BCUT2D eigenvalue weighted by Gasteiger charge is 2.23. The fourth-order valence-electron chi connectivity index (χ4n) is 7.17. The normalized spacial score (nSPS) is 12.4. The molecule has 0 spiro atoms. The zero-order valence-corrected chi connectivity index (χ0v) is 32.1. The van der Waals surface area contributed by atoms with Crippen molar-refractivity contribution in [3.63, 3.8) is 0 Å². The van der Waals surface area contributed by atoms with Crippen LogP contribution in [0.1, 0.15) is 62.3 Å². The lowest BCUT2D eigenvalue weighted by molar-refractivity contribution is 0.396. The molecule has 0 atom stereocenters. The summed E-state index contributed by atoms with van der Waals surface area (Å²) in [4.78, 5) is 50.4. The van der Waals surface area contributed by atoms with E-state index in [1.807, 2.05) is 164 Å². The highest BCUT2D eigenvalue weighted by atomic mass is 16.1. The van der Waals surface area contributed by atoms with E-state index in [-0.39, 0.29) is 33.3 Å². The van der Waals surface area contributed by atoms with E-state index in [1.54, 1.807) is 35.6 Å². The fourth-order valence-corrected chi connectivity index (χ4v) is 7.17. The molecular weight excluding hydrogens is 679 g/mol. The van der Waals surface area contributed by atoms with Crippen molar-refractivity contribution in [2.75, 3.05) is 0 Å². The summed E-state index contributed by atoms with van der Waals surface area (Å²) in [6.07, 6.45) is 14.4. The van der Waals surface area contributed by atoms with Crippen molar-refractivity contribution in [3.8, 4) is 0 Å². The van der Waals surface area contributed by atoms with Crippen LogP contribution in [-0.4, -0.2) is 41.9 Å². The summed E-state index contributed by atoms with van der Waals surface area (Å²) in [5.74, 6) is 0. The lowest BCUT2D eigenvalue weighted by Gasteiger charge is -2.25. The molecule has 0 aliphatic rings. The standard InChI is InChI=1S/3C14H15N3O/c1-14(2,3)17-12-10(6-4-8-15-12)16-9-5-7-11(16)13(17)18;1-14(2,3)17-10-6-7-15-9-12(10)16-8-4-5-11(16)13(17)18;1-14(2,3)17-12-9-15-7-6-10(12)16-8-4-5-11(16)13(17)18/h3*4-9H,1-3H3. The van der Waals surface area contributed by atoms with Gasteiger partial charge in [-0.25, -0.2) is 4.98 Å². The summed E-state index contributed by atoms with van der Waals surface area (Å²) in [5.41, 5.74) is 6.68. The smallest absolute Gasteiger partial charge is 0.276 e. The number of aromatic nitrogens is 9. The quantitative estimate of drug-likeness (QED) is 0.163. The first-order valence-electron chi connectivity index (χ1n) is 17.9. The molecule has 0 aliphatic heterocycles. The van der Waals surface area contributed by atoms with Crippen LogP contribution in [-0.2, 0) is 16.6 Å². The second-order valence-corrected chi connectivity index (χ2v) is 16.3. The third-order valence-corrected chi connectivity index (χ3v) is 9.32. The van der Waals surface area contributed by atoms with Gasteiger partial charge in [0.25, 0.3) is 16.7 Å². The molecule has 0 radical (unpaired) electrons. The van der Waals surface area contributed by atoms with Gasteiger partial charge in [0.15, 0.2) is 5.65 Å². The second kappa shape index (κ2) is 13.0. The number of fused-ring (bicyclic) bond motifs is 9. The lowest BCUT2D eigenvalue weighted by Crippen LogP contribution is -2.35. The first kappa shape index (κ1) is 36.1. The Labute approximate surface area is 311 Å². The molecule has 9 aromatic heterocycles. The minimum Gasteiger partial charge on any atom is -0.310 e. The Hall–Kier alpha value is -6.30. The number of pyridine rings is 3. The molecule has 0 saturated carbocycles. The Morgan fingerprint density at radius 1 is 0.407 bits per heavy atom. The van der Waals surface area contributed by atoms with Gasteiger partial charge in [-0.2, -0.15) is 0 Å². The Kier molecular flexibility index (Phi) is 8.67. The van der Waals surface area contributed by atoms with Crippen molar-refractivity contribution in [2.24, 2.45) is 0 Å². The van der Waals surface area contributed by atoms with E-state index in [0.29, 0.717) is 16.6 Å². The summed E-state index contributed by atoms with van der Waals surface area (Å²) < 4.78 is 11.1. The van der Waals surface area contributed by atoms with Crippen LogP contribution in [0.5, 0.6) is 0 Å². The Morgan fingerprint density at radius 2 is 0.815 bits per heavy atom. The van der Waals surface area contributed by atoms with Crippen molar-refractivity contribution in [2.45, 2.75) is 78.9 Å². The number of rotatable bonds is 0. The maximum absolute atomic E-state index is 12.6. The van der Waals surface area contributed by atoms with E-state index in [0.717, 1.165) is 33.2 Å². The Morgan fingerprint density at radius 3 is 1.33 bits per heavy atom. The highest BCUT2D eigenvalue weighted by Crippen LogP contribution is 2.23. The lowest BCUT2D eigenvalue weighted by atomic mass is 10.1. The SMILES string of the molecule is CC(C)(C)n1c(=O)c2cccn2c2cccnc21.CC(C)(C)n1c(=O)c2cccn2c2ccncc21.CC(C)(C)n1c(=O)c2cccn2c2cnccc21. The Balaban J connectivity index is 0.000000125. The molecule has 0 bridgehead atoms. The zero-order valence-electron chi connectivity index (χ0n) is 32.1. The van der Waals surface area contributed by atoms with Crippen LogP contribution in [0.2, 0.25) is 0 Å². The van der Waals surface area contributed by atoms with E-state index in [2.05, 4.69) is 15.0 Å². The van der Waals surface area contributed by atoms with Crippen molar-refractivity contribution < 1.29 is 0 Å². The van der Waals surface area contributed by atoms with Gasteiger partial charge in [0.2, 0.25) is 0 Å². The van der Waals surface area contributed by atoms with E-state index in [4.69, 9.17) is 0 Å². The average Bonchev–Trinajstić information content (AvgIpc) is 3.90. The number of nitrogens with zero attached hydrogens (tertiary/aromatic N) is 9. The first-order valence-corrected chi connectivity index (χ1v) is 17.9. The Bertz CT molecular complexity index is 2700. The molecule has 9 heterocycles. The van der Waals surface area contributed by atoms with Gasteiger partial charge in [0.1, 0.15) is 16.6 Å². The van der Waals surface area contributed by atoms with Gasteiger partial charge in [-0.15, -0.1) is 0 Å². The van der Waals surface area contributed by atoms with Crippen molar-refractivity contribution >= 4 is 49.8 Å². The van der Waals surface area contributed by atoms with Crippen LogP contribution >= 0.6 is 0 Å². The largest absolute Gasteiger partial charge is 0.310 e. The molecule has 0 amide bonds. The second-order valence-electron chi connectivity index (χ2n) is 16.3. The molecule has 54 heavy (non-hydrogen) atoms. The van der Waals surface area contributed by atoms with E-state index in [1.165, 1.54) is 0 Å². The molecular formula is C42H45N9O3. The van der Waals surface area contributed by atoms with Crippen molar-refractivity contribution in [1.29, 1.82) is 0 Å². The molecule has 0 saturated heterocycles. The zero-order chi connectivity index (χ0) is 38.7. The molecule has 0 aliphatic carbocycles. The fraction of sp³-hybridized carbons (Fsp3) is 0.286. The van der Waals surface area contributed by atoms with Crippen LogP contribution < -0.4 is 16.7 Å². The minimum atomic E-state index is -0.296. The molecule has 0 N–H and O–H groups in total. The van der Waals surface area contributed by atoms with Gasteiger partial charge < -0.3 is 13.2 Å². The third kappa shape index (κ3) is 6.07. The maximum Gasteiger partial charge on any atom is 0.276 e. The average molecular weight is 724 g/mol. The summed E-state index contributed by atoms with van der Waals surface area (Å²) in [7, 11) is 0. The summed E-state index contributed by atoms with van der Waals surface area (Å²) in [6, 6.07) is 18.9. The molecule has 0 unspecified atom stereocenters. The molecule has 9 rings (SSSR count). The van der Waals surface area contributed by atoms with Gasteiger partial charge >= 0.3 is 0 Å². The molecule has 9 aromatic rings. The number of hydrogen-bond acceptors (Lipinski definition) is 6. The first-order chi connectivity index (χ1) is 25.5. The molecule has 12 nitrogen and oxygen atoms in total. The summed E-state index contributed by atoms with van der Waals surface area (Å²) in [5, 5.41) is 0. The van der Waals surface area contributed by atoms with Gasteiger partial charge in [-0.3, -0.25) is 38.1 Å². The van der Waals surface area contributed by atoms with Crippen LogP contribution in [0, 0.1) is 0 Å². The van der Waals surface area contributed by atoms with Crippen molar-refractivity contribution in [3.05, 3.63) is 141 Å². The highest BCUT2D eigenvalue weighted by molar-refractivity contribution is 5.79. The van der Waals surface area contributed by atoms with Crippen LogP contribution in [0.25, 0.3) is 49.8 Å². The van der Waals surface area contributed by atoms with Gasteiger partial charge in [-0.1, -0.05) is 0 Å². The van der Waals surface area contributed by atoms with Crippen LogP contribution in [0.4, 0.5) is 0 Å². The third-order valence-electron chi connectivity index (χ3n) is 9.32. The topological polar surface area (TPSA) is 118 Å². The van der Waals surface area contributed by atoms with E-state index in [9.17, 15) is 14.4 Å². The van der Waals surface area contributed by atoms with Gasteiger partial charge in [-0.05, 0) is 123 Å². The monoisotopic (exact) mass is 723 g/mol. The minimum absolute atomic E-state index is 0.00120. The molecule has 0 fully saturated rings. The number of hydrogen-bond donors (Lipinski definition) is 0. The van der Waals surface area contributed by atoms with Crippen LogP contribution in [0.3, 0.4) is 0 Å². The van der Waals surface area contributed by atoms with E-state index >= 15 is 0 Å². The molecule has 0 aromatic carbocycles. The predicted molar refractivity (Wildman–Crippen MR) is 216 cm³/mol.